The molecule has 1 saturated carbocycles. The van der Waals surface area contributed by atoms with Crippen molar-refractivity contribution in [3.63, 3.8) is 0 Å². The Bertz CT molecular complexity index is 405. The zero-order valence-corrected chi connectivity index (χ0v) is 17.2. The quantitative estimate of drug-likeness (QED) is 0.762. The van der Waals surface area contributed by atoms with Gasteiger partial charge in [-0.2, -0.15) is 0 Å². The highest BCUT2D eigenvalue weighted by molar-refractivity contribution is 4.99. The van der Waals surface area contributed by atoms with Gasteiger partial charge in [0.15, 0.2) is 0 Å². The van der Waals surface area contributed by atoms with Crippen LogP contribution in [0.4, 0.5) is 0 Å². The molecule has 0 atom stereocenters. The second kappa shape index (κ2) is 6.55. The Balaban J connectivity index is 1.38. The van der Waals surface area contributed by atoms with E-state index in [1.54, 1.807) is 0 Å². The van der Waals surface area contributed by atoms with Crippen LogP contribution in [0.5, 0.6) is 0 Å². The van der Waals surface area contributed by atoms with Gasteiger partial charge < -0.3 is 4.90 Å². The molecule has 24 heavy (non-hydrogen) atoms. The van der Waals surface area contributed by atoms with Crippen molar-refractivity contribution in [2.45, 2.75) is 78.3 Å². The fourth-order valence-corrected chi connectivity index (χ4v) is 5.32. The average molecular weight is 336 g/mol. The van der Waals surface area contributed by atoms with Crippen molar-refractivity contribution in [1.82, 2.24) is 14.7 Å². The smallest absolute Gasteiger partial charge is 0.0126 e. The normalized spacial score (nSPS) is 28.2. The first-order chi connectivity index (χ1) is 11.1. The van der Waals surface area contributed by atoms with Crippen molar-refractivity contribution in [3.8, 4) is 0 Å². The molecule has 3 aliphatic rings. The molecule has 1 aliphatic carbocycles. The number of piperidine rings is 1. The van der Waals surface area contributed by atoms with Crippen LogP contribution in [-0.4, -0.2) is 71.6 Å². The summed E-state index contributed by atoms with van der Waals surface area (Å²) >= 11 is 0. The van der Waals surface area contributed by atoms with E-state index in [1.807, 2.05) is 0 Å². The standard InChI is InChI=1S/C21H41N3/c1-19(2,3)23-9-7-21(8-10-23)15-18(16-21)17-22-11-13-24(14-12-22)20(4,5)6/h18H,7-17H2,1-6H3. The summed E-state index contributed by atoms with van der Waals surface area (Å²) in [5.74, 6) is 0.979. The van der Waals surface area contributed by atoms with Gasteiger partial charge in [-0.25, -0.2) is 0 Å². The Kier molecular flexibility index (Phi) is 5.10. The van der Waals surface area contributed by atoms with Crippen LogP contribution in [-0.2, 0) is 0 Å². The third-order valence-electron chi connectivity index (χ3n) is 7.05. The predicted molar refractivity (Wildman–Crippen MR) is 103 cm³/mol. The van der Waals surface area contributed by atoms with Crippen LogP contribution in [0.15, 0.2) is 0 Å². The lowest BCUT2D eigenvalue weighted by Crippen LogP contribution is -2.56. The summed E-state index contributed by atoms with van der Waals surface area (Å²) in [6.07, 6.45) is 5.89. The Hall–Kier alpha value is -0.120. The fraction of sp³-hybridized carbons (Fsp3) is 1.00. The molecule has 0 amide bonds. The maximum atomic E-state index is 2.74. The van der Waals surface area contributed by atoms with E-state index in [9.17, 15) is 0 Å². The van der Waals surface area contributed by atoms with Crippen molar-refractivity contribution >= 4 is 0 Å². The summed E-state index contributed by atoms with van der Waals surface area (Å²) in [4.78, 5) is 8.08. The number of hydrogen-bond acceptors (Lipinski definition) is 3. The number of rotatable bonds is 2. The van der Waals surface area contributed by atoms with E-state index in [0.717, 1.165) is 11.3 Å². The average Bonchev–Trinajstić information content (AvgIpc) is 2.45. The van der Waals surface area contributed by atoms with Gasteiger partial charge in [-0.1, -0.05) is 0 Å². The maximum Gasteiger partial charge on any atom is 0.0126 e. The molecule has 3 heteroatoms. The third kappa shape index (κ3) is 4.16. The van der Waals surface area contributed by atoms with E-state index in [1.165, 1.54) is 71.5 Å². The highest BCUT2D eigenvalue weighted by Crippen LogP contribution is 2.53. The second-order valence-electron chi connectivity index (χ2n) is 10.9. The fourth-order valence-electron chi connectivity index (χ4n) is 5.32. The van der Waals surface area contributed by atoms with Gasteiger partial charge in [0, 0.05) is 43.8 Å². The minimum atomic E-state index is 0.341. The summed E-state index contributed by atoms with van der Waals surface area (Å²) in [7, 11) is 0. The van der Waals surface area contributed by atoms with Crippen LogP contribution in [0.25, 0.3) is 0 Å². The Morgan fingerprint density at radius 1 is 0.708 bits per heavy atom. The molecule has 0 aromatic heterocycles. The van der Waals surface area contributed by atoms with Gasteiger partial charge in [0.25, 0.3) is 0 Å². The minimum absolute atomic E-state index is 0.341. The lowest BCUT2D eigenvalue weighted by molar-refractivity contribution is -0.0503. The van der Waals surface area contributed by atoms with Crippen molar-refractivity contribution < 1.29 is 0 Å². The minimum Gasteiger partial charge on any atom is -0.301 e. The summed E-state index contributed by atoms with van der Waals surface area (Å²) in [5.41, 5.74) is 1.42. The lowest BCUT2D eigenvalue weighted by atomic mass is 9.57. The molecule has 2 aliphatic heterocycles. The molecule has 0 aromatic carbocycles. The Labute approximate surface area is 150 Å². The zero-order valence-electron chi connectivity index (χ0n) is 17.2. The third-order valence-corrected chi connectivity index (χ3v) is 7.05. The Morgan fingerprint density at radius 3 is 1.62 bits per heavy atom. The molecule has 3 rings (SSSR count). The zero-order chi connectivity index (χ0) is 17.6. The first-order valence-electron chi connectivity index (χ1n) is 10.3. The van der Waals surface area contributed by atoms with E-state index in [4.69, 9.17) is 0 Å². The maximum absolute atomic E-state index is 2.74. The van der Waals surface area contributed by atoms with Gasteiger partial charge in [0.1, 0.15) is 0 Å². The van der Waals surface area contributed by atoms with Crippen molar-refractivity contribution in [2.24, 2.45) is 11.3 Å². The van der Waals surface area contributed by atoms with E-state index in [-0.39, 0.29) is 0 Å². The van der Waals surface area contributed by atoms with Gasteiger partial charge in [0.2, 0.25) is 0 Å². The highest BCUT2D eigenvalue weighted by Gasteiger charge is 2.47. The topological polar surface area (TPSA) is 9.72 Å². The van der Waals surface area contributed by atoms with E-state index in [2.05, 4.69) is 56.2 Å². The molecular formula is C21H41N3. The number of piperazine rings is 1. The van der Waals surface area contributed by atoms with Crippen molar-refractivity contribution in [3.05, 3.63) is 0 Å². The van der Waals surface area contributed by atoms with Crippen molar-refractivity contribution in [2.75, 3.05) is 45.8 Å². The van der Waals surface area contributed by atoms with Gasteiger partial charge in [-0.05, 0) is 91.6 Å². The van der Waals surface area contributed by atoms with Gasteiger partial charge in [-0.3, -0.25) is 9.80 Å². The highest BCUT2D eigenvalue weighted by atomic mass is 15.3. The second-order valence-corrected chi connectivity index (χ2v) is 10.9. The van der Waals surface area contributed by atoms with Crippen LogP contribution in [0.3, 0.4) is 0 Å². The van der Waals surface area contributed by atoms with E-state index >= 15 is 0 Å². The summed E-state index contributed by atoms with van der Waals surface area (Å²) < 4.78 is 0. The molecule has 3 nitrogen and oxygen atoms in total. The molecule has 0 N–H and O–H groups in total. The number of hydrogen-bond donors (Lipinski definition) is 0. The molecule has 140 valence electrons. The SMILES string of the molecule is CC(C)(C)N1CCN(CC2CC3(CCN(C(C)(C)C)CC3)C2)CC1. The first kappa shape index (κ1) is 18.7. The van der Waals surface area contributed by atoms with E-state index < -0.39 is 0 Å². The van der Waals surface area contributed by atoms with Crippen LogP contribution >= 0.6 is 0 Å². The molecule has 0 unspecified atom stereocenters. The van der Waals surface area contributed by atoms with Gasteiger partial charge in [0.05, 0.1) is 0 Å². The van der Waals surface area contributed by atoms with Gasteiger partial charge >= 0.3 is 0 Å². The molecule has 2 saturated heterocycles. The molecule has 0 radical (unpaired) electrons. The Morgan fingerprint density at radius 2 is 1.17 bits per heavy atom. The van der Waals surface area contributed by atoms with Crippen LogP contribution < -0.4 is 0 Å². The number of likely N-dealkylation sites (tertiary alicyclic amines) is 1. The molecule has 0 bridgehead atoms. The molecule has 1 spiro atoms. The molecule has 0 aromatic rings. The van der Waals surface area contributed by atoms with Crippen molar-refractivity contribution in [1.29, 1.82) is 0 Å². The monoisotopic (exact) mass is 335 g/mol. The lowest BCUT2D eigenvalue weighted by Gasteiger charge is -2.55. The molecule has 3 fully saturated rings. The number of nitrogens with zero attached hydrogens (tertiary/aromatic N) is 3. The first-order valence-corrected chi connectivity index (χ1v) is 10.3. The molecular weight excluding hydrogens is 294 g/mol. The summed E-state index contributed by atoms with van der Waals surface area (Å²) in [6, 6.07) is 0. The summed E-state index contributed by atoms with van der Waals surface area (Å²) in [5, 5.41) is 0. The van der Waals surface area contributed by atoms with Crippen LogP contribution in [0, 0.1) is 11.3 Å². The van der Waals surface area contributed by atoms with Crippen LogP contribution in [0.1, 0.15) is 67.2 Å². The van der Waals surface area contributed by atoms with Crippen LogP contribution in [0.2, 0.25) is 0 Å². The van der Waals surface area contributed by atoms with Gasteiger partial charge in [-0.15, -0.1) is 0 Å². The molecule has 2 heterocycles. The largest absolute Gasteiger partial charge is 0.301 e. The predicted octanol–water partition coefficient (Wildman–Crippen LogP) is 3.69. The summed E-state index contributed by atoms with van der Waals surface area (Å²) in [6.45, 7) is 23.2. The van der Waals surface area contributed by atoms with E-state index in [0.29, 0.717) is 11.1 Å².